The first kappa shape index (κ1) is 34.6. The zero-order chi connectivity index (χ0) is 33.9. The molecule has 1 aromatic carbocycles. The summed E-state index contributed by atoms with van der Waals surface area (Å²) in [5.41, 5.74) is 14.7. The molecule has 3 heterocycles. The molecule has 0 saturated heterocycles. The van der Waals surface area contributed by atoms with Crippen LogP contribution in [0.2, 0.25) is 0 Å². The monoisotopic (exact) mass is 647 g/mol. The molecular formula is C31H41N11O5. The fourth-order valence-electron chi connectivity index (χ4n) is 4.69. The Bertz CT molecular complexity index is 1680. The second kappa shape index (κ2) is 16.4. The molecule has 1 amide bonds. The average molecular weight is 648 g/mol. The van der Waals surface area contributed by atoms with Gasteiger partial charge in [-0.15, -0.1) is 5.10 Å². The van der Waals surface area contributed by atoms with Crippen molar-refractivity contribution >= 4 is 46.3 Å². The first-order chi connectivity index (χ1) is 22.5. The molecule has 4 aromatic rings. The number of carboxylic acid groups (broad SMARTS) is 1. The van der Waals surface area contributed by atoms with E-state index in [1.165, 1.54) is 0 Å². The van der Waals surface area contributed by atoms with Crippen LogP contribution in [0.1, 0.15) is 61.3 Å². The lowest BCUT2D eigenvalue weighted by atomic mass is 10.0. The molecule has 0 fully saturated rings. The van der Waals surface area contributed by atoms with Crippen LogP contribution in [-0.2, 0) is 33.8 Å². The molecule has 0 aliphatic rings. The molecule has 0 bridgehead atoms. The van der Waals surface area contributed by atoms with Crippen molar-refractivity contribution in [1.29, 1.82) is 0 Å². The Hall–Kier alpha value is -5.25. The van der Waals surface area contributed by atoms with Gasteiger partial charge in [-0.1, -0.05) is 19.1 Å². The number of rotatable bonds is 18. The predicted molar refractivity (Wildman–Crippen MR) is 174 cm³/mol. The molecule has 1 atom stereocenters. The summed E-state index contributed by atoms with van der Waals surface area (Å²) >= 11 is 0. The van der Waals surface area contributed by atoms with Crippen molar-refractivity contribution in [3.63, 3.8) is 0 Å². The first-order valence-corrected chi connectivity index (χ1v) is 15.4. The maximum absolute atomic E-state index is 12.9. The molecule has 0 spiro atoms. The number of amides is 1. The minimum absolute atomic E-state index is 0.00365. The Morgan fingerprint density at radius 2 is 1.79 bits per heavy atom. The molecule has 0 aliphatic carbocycles. The van der Waals surface area contributed by atoms with Crippen LogP contribution in [0.4, 0.5) is 17.5 Å². The molecule has 0 radical (unpaired) electrons. The van der Waals surface area contributed by atoms with Crippen LogP contribution in [0, 0.1) is 5.92 Å². The van der Waals surface area contributed by atoms with Crippen LogP contribution in [0.15, 0.2) is 36.7 Å². The van der Waals surface area contributed by atoms with Gasteiger partial charge in [0.15, 0.2) is 17.0 Å². The number of ketones is 1. The molecule has 250 valence electrons. The van der Waals surface area contributed by atoms with Gasteiger partial charge in [0.25, 0.3) is 5.91 Å². The van der Waals surface area contributed by atoms with Crippen LogP contribution in [0.5, 0.6) is 0 Å². The summed E-state index contributed by atoms with van der Waals surface area (Å²) in [5, 5.41) is 20.2. The van der Waals surface area contributed by atoms with Crippen molar-refractivity contribution in [1.82, 2.24) is 40.2 Å². The number of anilines is 3. The van der Waals surface area contributed by atoms with Gasteiger partial charge in [0.05, 0.1) is 43.5 Å². The minimum atomic E-state index is -1.22. The molecular weight excluding hydrogens is 606 g/mol. The lowest BCUT2D eigenvalue weighted by Crippen LogP contribution is -2.41. The highest BCUT2D eigenvalue weighted by molar-refractivity contribution is 5.97. The SMILES string of the molecule is CC(C)CCOCCn1nncc1CCC(=O)CCC(NC(=O)c1ccc(N(C)Cc2cnc3nc(N)nc(N)c3n2)cc1)C(=O)O. The number of nitrogens with one attached hydrogen (secondary N) is 1. The van der Waals surface area contributed by atoms with Crippen molar-refractivity contribution in [2.45, 2.75) is 65.1 Å². The number of carboxylic acids is 1. The van der Waals surface area contributed by atoms with E-state index in [1.807, 2.05) is 11.9 Å². The molecule has 4 rings (SSSR count). The maximum atomic E-state index is 12.9. The summed E-state index contributed by atoms with van der Waals surface area (Å²) in [4.78, 5) is 56.0. The van der Waals surface area contributed by atoms with Crippen molar-refractivity contribution in [3.8, 4) is 0 Å². The number of nitrogen functional groups attached to an aromatic ring is 2. The topological polar surface area (TPSA) is 230 Å². The number of aryl methyl sites for hydroxylation is 1. The second-order valence-corrected chi connectivity index (χ2v) is 11.6. The number of aliphatic carboxylic acids is 1. The van der Waals surface area contributed by atoms with Gasteiger partial charge < -0.3 is 31.5 Å². The zero-order valence-corrected chi connectivity index (χ0v) is 26.8. The summed E-state index contributed by atoms with van der Waals surface area (Å²) in [6.45, 7) is 6.36. The number of fused-ring (bicyclic) bond motifs is 1. The highest BCUT2D eigenvalue weighted by atomic mass is 16.5. The number of nitrogens with zero attached hydrogens (tertiary/aromatic N) is 8. The summed E-state index contributed by atoms with van der Waals surface area (Å²) in [6.07, 6.45) is 4.77. The summed E-state index contributed by atoms with van der Waals surface area (Å²) in [6, 6.07) is 5.44. The first-order valence-electron chi connectivity index (χ1n) is 15.4. The van der Waals surface area contributed by atoms with Gasteiger partial charge >= 0.3 is 5.97 Å². The van der Waals surface area contributed by atoms with E-state index >= 15 is 0 Å². The molecule has 16 nitrogen and oxygen atoms in total. The van der Waals surface area contributed by atoms with Gasteiger partial charge in [-0.25, -0.2) is 19.4 Å². The number of carbonyl (C=O) groups excluding carboxylic acids is 2. The van der Waals surface area contributed by atoms with Gasteiger partial charge in [0.2, 0.25) is 5.95 Å². The molecule has 16 heteroatoms. The van der Waals surface area contributed by atoms with Crippen LogP contribution < -0.4 is 21.7 Å². The number of benzene rings is 1. The van der Waals surface area contributed by atoms with Gasteiger partial charge in [-0.2, -0.15) is 9.97 Å². The van der Waals surface area contributed by atoms with E-state index in [4.69, 9.17) is 16.2 Å². The number of ether oxygens (including phenoxy) is 1. The van der Waals surface area contributed by atoms with E-state index in [9.17, 15) is 19.5 Å². The standard InChI is InChI=1S/C31H41N11O5/c1-19(2)12-14-47-15-13-42-23(17-35-40-42)8-9-24(43)10-11-25(30(45)46)37-29(44)20-4-6-22(7-5-20)41(3)18-21-16-34-28-26(36-21)27(32)38-31(33)39-28/h4-7,16-17,19,25H,8-15,18H2,1-3H3,(H,37,44)(H,45,46)(H4,32,33,34,38,39). The van der Waals surface area contributed by atoms with Gasteiger partial charge in [0, 0.05) is 37.7 Å². The smallest absolute Gasteiger partial charge is 0.326 e. The maximum Gasteiger partial charge on any atom is 0.326 e. The van der Waals surface area contributed by atoms with E-state index < -0.39 is 17.9 Å². The normalized spacial score (nSPS) is 11.9. The Morgan fingerprint density at radius 3 is 2.51 bits per heavy atom. The lowest BCUT2D eigenvalue weighted by Gasteiger charge is -2.19. The van der Waals surface area contributed by atoms with E-state index in [0.29, 0.717) is 55.5 Å². The lowest BCUT2D eigenvalue weighted by molar-refractivity contribution is -0.139. The molecule has 0 aliphatic heterocycles. The Morgan fingerprint density at radius 1 is 1.02 bits per heavy atom. The summed E-state index contributed by atoms with van der Waals surface area (Å²) in [5.74, 6) is -1.16. The third-order valence-electron chi connectivity index (χ3n) is 7.43. The zero-order valence-electron chi connectivity index (χ0n) is 26.8. The fraction of sp³-hybridized carbons (Fsp3) is 0.452. The van der Waals surface area contributed by atoms with Crippen LogP contribution in [0.3, 0.4) is 0 Å². The number of aromatic nitrogens is 7. The van der Waals surface area contributed by atoms with Crippen molar-refractivity contribution in [2.24, 2.45) is 5.92 Å². The Labute approximate surface area is 271 Å². The van der Waals surface area contributed by atoms with Crippen LogP contribution in [0.25, 0.3) is 11.2 Å². The quantitative estimate of drug-likeness (QED) is 0.113. The van der Waals surface area contributed by atoms with E-state index in [1.54, 1.807) is 41.3 Å². The Balaban J connectivity index is 1.24. The van der Waals surface area contributed by atoms with E-state index in [-0.39, 0.29) is 42.4 Å². The molecule has 1 unspecified atom stereocenters. The number of hydrogen-bond donors (Lipinski definition) is 4. The van der Waals surface area contributed by atoms with Crippen molar-refractivity contribution in [2.75, 3.05) is 36.6 Å². The summed E-state index contributed by atoms with van der Waals surface area (Å²) in [7, 11) is 1.84. The van der Waals surface area contributed by atoms with E-state index in [0.717, 1.165) is 17.8 Å². The molecule has 3 aromatic heterocycles. The average Bonchev–Trinajstić information content (AvgIpc) is 3.49. The van der Waals surface area contributed by atoms with Crippen molar-refractivity contribution in [3.05, 3.63) is 53.6 Å². The van der Waals surface area contributed by atoms with Gasteiger partial charge in [-0.05, 0) is 49.4 Å². The highest BCUT2D eigenvalue weighted by Crippen LogP contribution is 2.19. The van der Waals surface area contributed by atoms with Crippen LogP contribution >= 0.6 is 0 Å². The molecule has 47 heavy (non-hydrogen) atoms. The van der Waals surface area contributed by atoms with Gasteiger partial charge in [0.1, 0.15) is 11.8 Å². The molecule has 6 N–H and O–H groups in total. The molecule has 0 saturated carbocycles. The second-order valence-electron chi connectivity index (χ2n) is 11.6. The largest absolute Gasteiger partial charge is 0.480 e. The number of nitrogens with two attached hydrogens (primary N) is 2. The highest BCUT2D eigenvalue weighted by Gasteiger charge is 2.22. The minimum Gasteiger partial charge on any atom is -0.480 e. The predicted octanol–water partition coefficient (Wildman–Crippen LogP) is 2.04. The Kier molecular flexibility index (Phi) is 12.0. The summed E-state index contributed by atoms with van der Waals surface area (Å²) < 4.78 is 7.36. The van der Waals surface area contributed by atoms with Crippen LogP contribution in [-0.4, -0.2) is 84.0 Å². The fourth-order valence-corrected chi connectivity index (χ4v) is 4.69. The van der Waals surface area contributed by atoms with Crippen molar-refractivity contribution < 1.29 is 24.2 Å². The number of hydrogen-bond acceptors (Lipinski definition) is 13. The van der Waals surface area contributed by atoms with E-state index in [2.05, 4.69) is 49.4 Å². The third kappa shape index (κ3) is 10.1. The number of Topliss-reactive ketones (excluding diaryl/α,β-unsaturated/α-hetero) is 1. The third-order valence-corrected chi connectivity index (χ3v) is 7.43. The number of carbonyl (C=O) groups is 3. The van der Waals surface area contributed by atoms with Gasteiger partial charge in [-0.3, -0.25) is 9.59 Å².